The van der Waals surface area contributed by atoms with Crippen LogP contribution < -0.4 is 10.6 Å². The fourth-order valence-electron chi connectivity index (χ4n) is 4.50. The zero-order valence-corrected chi connectivity index (χ0v) is 20.0. The van der Waals surface area contributed by atoms with E-state index in [9.17, 15) is 14.4 Å². The quantitative estimate of drug-likeness (QED) is 0.476. The van der Waals surface area contributed by atoms with E-state index in [-0.39, 0.29) is 11.7 Å². The second-order valence-corrected chi connectivity index (χ2v) is 10.5. The van der Waals surface area contributed by atoms with Gasteiger partial charge in [0.25, 0.3) is 5.91 Å². The van der Waals surface area contributed by atoms with Gasteiger partial charge >= 0.3 is 0 Å². The number of thioether (sulfide) groups is 1. The van der Waals surface area contributed by atoms with Crippen molar-refractivity contribution in [1.82, 2.24) is 9.88 Å². The molecule has 1 fully saturated rings. The Bertz CT molecular complexity index is 1330. The zero-order valence-electron chi connectivity index (χ0n) is 18.4. The van der Waals surface area contributed by atoms with Crippen molar-refractivity contribution in [3.63, 3.8) is 0 Å². The van der Waals surface area contributed by atoms with Crippen LogP contribution >= 0.6 is 23.1 Å². The summed E-state index contributed by atoms with van der Waals surface area (Å²) in [6, 6.07) is 10.9. The number of nitrogens with zero attached hydrogens (tertiary/aromatic N) is 2. The van der Waals surface area contributed by atoms with E-state index >= 15 is 0 Å². The lowest BCUT2D eigenvalue weighted by Gasteiger charge is -2.12. The summed E-state index contributed by atoms with van der Waals surface area (Å²) in [7, 11) is 0. The van der Waals surface area contributed by atoms with Gasteiger partial charge < -0.3 is 15.2 Å². The summed E-state index contributed by atoms with van der Waals surface area (Å²) >= 11 is 3.05. The van der Waals surface area contributed by atoms with Crippen LogP contribution in [-0.4, -0.2) is 16.0 Å². The number of benzene rings is 1. The van der Waals surface area contributed by atoms with Gasteiger partial charge in [0.15, 0.2) is 5.50 Å². The summed E-state index contributed by atoms with van der Waals surface area (Å²) in [4.78, 5) is 14.5. The van der Waals surface area contributed by atoms with Crippen LogP contribution in [0.15, 0.2) is 35.2 Å². The van der Waals surface area contributed by atoms with Crippen LogP contribution in [0.3, 0.4) is 0 Å². The molecule has 0 spiro atoms. The molecule has 0 bridgehead atoms. The van der Waals surface area contributed by atoms with Crippen molar-refractivity contribution in [3.05, 3.63) is 74.0 Å². The standard InChI is InChI=1S/C25H23FN4OS2/c1-14-11-16(12-22-23(31)29-25(33-22)28-20-9-5-4-8-19(20)26)15(2)30(14)24-18(13-27)17-7-3-6-10-21(17)32-24/h4-5,8-9,11-12,25,28H,3,6-7,10H2,1-2H3,(H,29,31)/b22-12-. The number of amides is 1. The number of carbonyl (C=O) groups is 1. The molecule has 168 valence electrons. The van der Waals surface area contributed by atoms with Crippen LogP contribution in [0.5, 0.6) is 0 Å². The largest absolute Gasteiger partial charge is 0.354 e. The van der Waals surface area contributed by atoms with Gasteiger partial charge in [0, 0.05) is 16.3 Å². The van der Waals surface area contributed by atoms with Gasteiger partial charge in [-0.05, 0) is 74.9 Å². The lowest BCUT2D eigenvalue weighted by atomic mass is 9.96. The normalized spacial score (nSPS) is 18.8. The van der Waals surface area contributed by atoms with E-state index in [0.717, 1.165) is 46.8 Å². The average Bonchev–Trinajstić information content (AvgIpc) is 3.42. The van der Waals surface area contributed by atoms with E-state index in [4.69, 9.17) is 0 Å². The van der Waals surface area contributed by atoms with Gasteiger partial charge in [0.05, 0.1) is 16.2 Å². The van der Waals surface area contributed by atoms with Crippen molar-refractivity contribution in [1.29, 1.82) is 5.26 Å². The smallest absolute Gasteiger partial charge is 0.260 e. The van der Waals surface area contributed by atoms with Gasteiger partial charge in [-0.2, -0.15) is 5.26 Å². The number of anilines is 1. The van der Waals surface area contributed by atoms with Crippen LogP contribution in [0.2, 0.25) is 0 Å². The van der Waals surface area contributed by atoms with Gasteiger partial charge in [-0.1, -0.05) is 23.9 Å². The summed E-state index contributed by atoms with van der Waals surface area (Å²) in [5, 5.41) is 16.8. The molecule has 1 amide bonds. The predicted octanol–water partition coefficient (Wildman–Crippen LogP) is 5.64. The molecule has 5 rings (SSSR count). The first-order valence-corrected chi connectivity index (χ1v) is 12.6. The molecule has 1 aromatic carbocycles. The van der Waals surface area contributed by atoms with E-state index in [1.54, 1.807) is 29.5 Å². The number of aryl methyl sites for hydroxylation is 2. The maximum absolute atomic E-state index is 14.0. The Morgan fingerprint density at radius 2 is 2.06 bits per heavy atom. The van der Waals surface area contributed by atoms with Gasteiger partial charge in [-0.3, -0.25) is 4.79 Å². The number of thiophene rings is 1. The van der Waals surface area contributed by atoms with Crippen LogP contribution in [-0.2, 0) is 17.6 Å². The monoisotopic (exact) mass is 478 g/mol. The van der Waals surface area contributed by atoms with E-state index in [1.165, 1.54) is 34.7 Å². The first-order valence-electron chi connectivity index (χ1n) is 10.9. The summed E-state index contributed by atoms with van der Waals surface area (Å²) in [6.07, 6.45) is 6.19. The third-order valence-electron chi connectivity index (χ3n) is 6.12. The number of rotatable bonds is 4. The molecule has 0 saturated carbocycles. The van der Waals surface area contributed by atoms with E-state index in [1.807, 2.05) is 26.0 Å². The number of hydrogen-bond acceptors (Lipinski definition) is 5. The lowest BCUT2D eigenvalue weighted by Crippen LogP contribution is -2.31. The molecule has 0 radical (unpaired) electrons. The van der Waals surface area contributed by atoms with Gasteiger partial charge in [-0.15, -0.1) is 11.3 Å². The molecule has 2 N–H and O–H groups in total. The van der Waals surface area contributed by atoms with Crippen LogP contribution in [0, 0.1) is 31.0 Å². The Morgan fingerprint density at radius 1 is 1.27 bits per heavy atom. The second kappa shape index (κ2) is 8.73. The molecule has 1 aliphatic heterocycles. The molecule has 3 heterocycles. The van der Waals surface area contributed by atoms with Crippen molar-refractivity contribution in [3.8, 4) is 11.1 Å². The summed E-state index contributed by atoms with van der Waals surface area (Å²) in [5.74, 6) is -0.553. The van der Waals surface area contributed by atoms with Crippen LogP contribution in [0.4, 0.5) is 10.1 Å². The van der Waals surface area contributed by atoms with Crippen molar-refractivity contribution in [2.45, 2.75) is 45.0 Å². The van der Waals surface area contributed by atoms with Gasteiger partial charge in [0.1, 0.15) is 16.9 Å². The number of hydrogen-bond donors (Lipinski definition) is 2. The Labute approximate surface area is 200 Å². The van der Waals surface area contributed by atoms with Crippen molar-refractivity contribution in [2.75, 3.05) is 5.32 Å². The minimum Gasteiger partial charge on any atom is -0.354 e. The van der Waals surface area contributed by atoms with Crippen LogP contribution in [0.1, 0.15) is 45.8 Å². The number of carbonyl (C=O) groups excluding carboxylic acids is 1. The van der Waals surface area contributed by atoms with Gasteiger partial charge in [-0.25, -0.2) is 4.39 Å². The SMILES string of the molecule is Cc1cc(/C=C2\SC(Nc3ccccc3F)NC2=O)c(C)n1-c1sc2c(c1C#N)CCCC2. The molecule has 1 atom stereocenters. The molecule has 5 nitrogen and oxygen atoms in total. The fraction of sp³-hybridized carbons (Fsp3) is 0.280. The Morgan fingerprint density at radius 3 is 2.85 bits per heavy atom. The minimum absolute atomic E-state index is 0.192. The molecule has 2 aromatic heterocycles. The molecule has 1 saturated heterocycles. The number of halogens is 1. The van der Waals surface area contributed by atoms with E-state index in [0.29, 0.717) is 10.6 Å². The Balaban J connectivity index is 1.45. The average molecular weight is 479 g/mol. The highest BCUT2D eigenvalue weighted by molar-refractivity contribution is 8.05. The van der Waals surface area contributed by atoms with E-state index < -0.39 is 5.50 Å². The summed E-state index contributed by atoms with van der Waals surface area (Å²) in [5.41, 5.74) is 4.86. The molecule has 1 unspecified atom stereocenters. The number of nitrogens with one attached hydrogen (secondary N) is 2. The predicted molar refractivity (Wildman–Crippen MR) is 132 cm³/mol. The number of aromatic nitrogens is 1. The third kappa shape index (κ3) is 3.96. The molecule has 8 heteroatoms. The molecule has 2 aliphatic rings. The Hall–Kier alpha value is -3.02. The highest BCUT2D eigenvalue weighted by Gasteiger charge is 2.29. The first kappa shape index (κ1) is 21.8. The maximum atomic E-state index is 14.0. The molecule has 1 aliphatic carbocycles. The molecular formula is C25H23FN4OS2. The second-order valence-electron chi connectivity index (χ2n) is 8.27. The summed E-state index contributed by atoms with van der Waals surface area (Å²) in [6.45, 7) is 4.05. The number of fused-ring (bicyclic) bond motifs is 1. The van der Waals surface area contributed by atoms with Crippen molar-refractivity contribution >= 4 is 40.8 Å². The van der Waals surface area contributed by atoms with E-state index in [2.05, 4.69) is 21.3 Å². The molecular weight excluding hydrogens is 455 g/mol. The topological polar surface area (TPSA) is 69.8 Å². The highest BCUT2D eigenvalue weighted by Crippen LogP contribution is 2.39. The zero-order chi connectivity index (χ0) is 23.1. The fourth-order valence-corrected chi connectivity index (χ4v) is 6.91. The lowest BCUT2D eigenvalue weighted by molar-refractivity contribution is -0.116. The van der Waals surface area contributed by atoms with Crippen molar-refractivity contribution < 1.29 is 9.18 Å². The summed E-state index contributed by atoms with van der Waals surface area (Å²) < 4.78 is 16.1. The molecule has 33 heavy (non-hydrogen) atoms. The highest BCUT2D eigenvalue weighted by atomic mass is 32.2. The van der Waals surface area contributed by atoms with Crippen molar-refractivity contribution in [2.24, 2.45) is 0 Å². The van der Waals surface area contributed by atoms with Gasteiger partial charge in [0.2, 0.25) is 0 Å². The third-order valence-corrected chi connectivity index (χ3v) is 8.42. The van der Waals surface area contributed by atoms with Crippen LogP contribution in [0.25, 0.3) is 11.1 Å². The number of para-hydroxylation sites is 1. The number of nitriles is 1. The minimum atomic E-state index is -0.446. The molecule has 3 aromatic rings. The maximum Gasteiger partial charge on any atom is 0.260 e. The Kier molecular flexibility index (Phi) is 5.77. The first-order chi connectivity index (χ1) is 16.0.